The van der Waals surface area contributed by atoms with Crippen molar-refractivity contribution in [3.63, 3.8) is 0 Å². The molecule has 32 heavy (non-hydrogen) atoms. The van der Waals surface area contributed by atoms with Gasteiger partial charge in [0.05, 0.1) is 12.2 Å². The summed E-state index contributed by atoms with van der Waals surface area (Å²) in [5, 5.41) is 2.32. The van der Waals surface area contributed by atoms with Gasteiger partial charge in [-0.05, 0) is 47.9 Å². The van der Waals surface area contributed by atoms with Gasteiger partial charge in [-0.2, -0.15) is 4.57 Å². The van der Waals surface area contributed by atoms with Crippen molar-refractivity contribution in [2.45, 2.75) is 39.5 Å². The lowest BCUT2D eigenvalue weighted by Crippen LogP contribution is -2.38. The molecule has 1 aliphatic heterocycles. The van der Waals surface area contributed by atoms with E-state index in [1.165, 1.54) is 5.39 Å². The number of ether oxygens (including phenoxy) is 1. The molecular weight excluding hydrogens is 400 g/mol. The molecule has 0 saturated carbocycles. The molecule has 160 valence electrons. The Morgan fingerprint density at radius 1 is 1.06 bits per heavy atom. The van der Waals surface area contributed by atoms with Crippen LogP contribution >= 0.6 is 0 Å². The fourth-order valence-electron chi connectivity index (χ4n) is 4.56. The molecule has 2 aromatic heterocycles. The van der Waals surface area contributed by atoms with E-state index < -0.39 is 6.10 Å². The molecule has 0 amide bonds. The second-order valence-corrected chi connectivity index (χ2v) is 8.29. The molecule has 5 rings (SSSR count). The van der Waals surface area contributed by atoms with E-state index in [9.17, 15) is 9.59 Å². The lowest BCUT2D eigenvalue weighted by Gasteiger charge is -2.19. The number of carbonyl (C=O) groups is 1. The Balaban J connectivity index is 1.51. The molecule has 2 aromatic carbocycles. The van der Waals surface area contributed by atoms with Crippen LogP contribution in [0.5, 0.6) is 0 Å². The molecular formula is C27H25N2O3+. The number of esters is 1. The van der Waals surface area contributed by atoms with E-state index in [1.54, 1.807) is 4.57 Å². The highest BCUT2D eigenvalue weighted by atomic mass is 16.5. The second kappa shape index (κ2) is 8.08. The number of pyridine rings is 2. The topological polar surface area (TPSA) is 52.2 Å². The Bertz CT molecular complexity index is 1390. The zero-order valence-corrected chi connectivity index (χ0v) is 18.2. The molecule has 1 unspecified atom stereocenters. The summed E-state index contributed by atoms with van der Waals surface area (Å²) < 4.78 is 9.44. The molecule has 1 aliphatic rings. The number of carbonyl (C=O) groups excluding carboxylic acids is 1. The second-order valence-electron chi connectivity index (χ2n) is 8.29. The SMILES string of the molecule is CCC(OC(=O)C[n+]1ccccc1)c1cc2n(c(=O)c1C)Cc1cc3ccccc3cc1-2. The number of hydrogen-bond donors (Lipinski definition) is 0. The van der Waals surface area contributed by atoms with E-state index in [-0.39, 0.29) is 18.1 Å². The molecule has 0 N–H and O–H groups in total. The highest BCUT2D eigenvalue weighted by molar-refractivity contribution is 5.89. The largest absolute Gasteiger partial charge is 0.453 e. The van der Waals surface area contributed by atoms with E-state index in [2.05, 4.69) is 24.3 Å². The summed E-state index contributed by atoms with van der Waals surface area (Å²) in [6.07, 6.45) is 3.79. The molecule has 0 spiro atoms. The van der Waals surface area contributed by atoms with Crippen molar-refractivity contribution in [2.75, 3.05) is 0 Å². The molecule has 4 aromatic rings. The third-order valence-electron chi connectivity index (χ3n) is 6.24. The summed E-state index contributed by atoms with van der Waals surface area (Å²) >= 11 is 0. The minimum atomic E-state index is -0.463. The van der Waals surface area contributed by atoms with Crippen LogP contribution in [0.25, 0.3) is 22.0 Å². The molecule has 5 nitrogen and oxygen atoms in total. The third-order valence-corrected chi connectivity index (χ3v) is 6.24. The Labute approximate surface area is 186 Å². The van der Waals surface area contributed by atoms with Gasteiger partial charge in [0.15, 0.2) is 12.4 Å². The fraction of sp³-hybridized carbons (Fsp3) is 0.222. The van der Waals surface area contributed by atoms with Gasteiger partial charge in [0, 0.05) is 28.8 Å². The number of rotatable bonds is 5. The van der Waals surface area contributed by atoms with Crippen LogP contribution < -0.4 is 10.1 Å². The minimum Gasteiger partial charge on any atom is -0.453 e. The number of fused-ring (bicyclic) bond motifs is 4. The quantitative estimate of drug-likeness (QED) is 0.311. The van der Waals surface area contributed by atoms with Crippen molar-refractivity contribution >= 4 is 16.7 Å². The van der Waals surface area contributed by atoms with Gasteiger partial charge in [-0.3, -0.25) is 4.79 Å². The number of hydrogen-bond acceptors (Lipinski definition) is 3. The minimum absolute atomic E-state index is 0.0234. The number of benzene rings is 2. The van der Waals surface area contributed by atoms with Gasteiger partial charge in [0.25, 0.3) is 5.56 Å². The molecule has 0 bridgehead atoms. The molecule has 5 heteroatoms. The van der Waals surface area contributed by atoms with Crippen molar-refractivity contribution in [1.29, 1.82) is 0 Å². The highest BCUT2D eigenvalue weighted by Gasteiger charge is 2.27. The standard InChI is InChI=1S/C27H25N2O3/c1-3-25(32-26(30)17-28-11-7-4-8-12-28)22-15-24-23-14-20-10-6-5-9-19(20)13-21(23)16-29(24)27(31)18(22)2/h4-15,25H,3,16-17H2,1-2H3/q+1. The van der Waals surface area contributed by atoms with E-state index >= 15 is 0 Å². The molecule has 0 fully saturated rings. The van der Waals surface area contributed by atoms with E-state index in [1.807, 2.05) is 67.2 Å². The summed E-state index contributed by atoms with van der Waals surface area (Å²) in [4.78, 5) is 25.9. The van der Waals surface area contributed by atoms with Crippen LogP contribution in [0.4, 0.5) is 0 Å². The third kappa shape index (κ3) is 3.50. The van der Waals surface area contributed by atoms with Crippen LogP contribution in [0.2, 0.25) is 0 Å². The van der Waals surface area contributed by atoms with Gasteiger partial charge in [-0.1, -0.05) is 37.3 Å². The lowest BCUT2D eigenvalue weighted by atomic mass is 9.98. The summed E-state index contributed by atoms with van der Waals surface area (Å²) in [6.45, 7) is 4.50. The lowest BCUT2D eigenvalue weighted by molar-refractivity contribution is -0.686. The predicted molar refractivity (Wildman–Crippen MR) is 123 cm³/mol. The van der Waals surface area contributed by atoms with Gasteiger partial charge in [0.2, 0.25) is 6.54 Å². The predicted octanol–water partition coefficient (Wildman–Crippen LogP) is 4.32. The van der Waals surface area contributed by atoms with Crippen molar-refractivity contribution < 1.29 is 14.1 Å². The van der Waals surface area contributed by atoms with Crippen LogP contribution in [0.15, 0.2) is 77.9 Å². The maximum Gasteiger partial charge on any atom is 0.373 e. The summed E-state index contributed by atoms with van der Waals surface area (Å²) in [5.41, 5.74) is 4.51. The van der Waals surface area contributed by atoms with Crippen molar-refractivity contribution in [3.05, 3.63) is 100 Å². The van der Waals surface area contributed by atoms with Crippen LogP contribution in [-0.2, 0) is 22.6 Å². The average Bonchev–Trinajstić information content (AvgIpc) is 3.16. The maximum atomic E-state index is 13.3. The first-order chi connectivity index (χ1) is 15.5. The first kappa shape index (κ1) is 20.2. The smallest absolute Gasteiger partial charge is 0.373 e. The summed E-state index contributed by atoms with van der Waals surface area (Å²) in [6, 6.07) is 20.2. The van der Waals surface area contributed by atoms with Gasteiger partial charge >= 0.3 is 5.97 Å². The van der Waals surface area contributed by atoms with Crippen LogP contribution in [0, 0.1) is 6.92 Å². The molecule has 0 saturated heterocycles. The Morgan fingerprint density at radius 2 is 1.78 bits per heavy atom. The van der Waals surface area contributed by atoms with Crippen molar-refractivity contribution in [3.8, 4) is 11.3 Å². The van der Waals surface area contributed by atoms with Gasteiger partial charge in [0.1, 0.15) is 6.10 Å². The Hall–Kier alpha value is -3.73. The van der Waals surface area contributed by atoms with E-state index in [0.717, 1.165) is 27.8 Å². The highest BCUT2D eigenvalue weighted by Crippen LogP contribution is 2.36. The zero-order valence-electron chi connectivity index (χ0n) is 18.2. The number of nitrogens with zero attached hydrogens (tertiary/aromatic N) is 2. The van der Waals surface area contributed by atoms with Gasteiger partial charge in [-0.15, -0.1) is 0 Å². The first-order valence-corrected chi connectivity index (χ1v) is 10.9. The fourth-order valence-corrected chi connectivity index (χ4v) is 4.56. The number of aromatic nitrogens is 2. The normalized spacial score (nSPS) is 12.9. The molecule has 0 aliphatic carbocycles. The van der Waals surface area contributed by atoms with Crippen LogP contribution in [0.3, 0.4) is 0 Å². The summed E-state index contributed by atoms with van der Waals surface area (Å²) in [7, 11) is 0. The van der Waals surface area contributed by atoms with Crippen molar-refractivity contribution in [1.82, 2.24) is 4.57 Å². The average molecular weight is 426 g/mol. The van der Waals surface area contributed by atoms with E-state index in [4.69, 9.17) is 4.74 Å². The van der Waals surface area contributed by atoms with Gasteiger partial charge in [-0.25, -0.2) is 4.79 Å². The monoisotopic (exact) mass is 425 g/mol. The molecule has 0 radical (unpaired) electrons. The van der Waals surface area contributed by atoms with Crippen molar-refractivity contribution in [2.24, 2.45) is 0 Å². The first-order valence-electron chi connectivity index (χ1n) is 10.9. The van der Waals surface area contributed by atoms with Gasteiger partial charge < -0.3 is 9.30 Å². The Morgan fingerprint density at radius 3 is 2.50 bits per heavy atom. The molecule has 1 atom stereocenters. The van der Waals surface area contributed by atoms with E-state index in [0.29, 0.717) is 18.5 Å². The Kier molecular flexibility index (Phi) is 5.10. The summed E-state index contributed by atoms with van der Waals surface area (Å²) in [5.74, 6) is -0.320. The van der Waals surface area contributed by atoms with Crippen LogP contribution in [0.1, 0.15) is 36.1 Å². The maximum absolute atomic E-state index is 13.3. The molecule has 3 heterocycles. The van der Waals surface area contributed by atoms with Crippen LogP contribution in [-0.4, -0.2) is 10.5 Å². The zero-order chi connectivity index (χ0) is 22.2.